The Morgan fingerprint density at radius 2 is 1.70 bits per heavy atom. The maximum absolute atomic E-state index is 10.4. The van der Waals surface area contributed by atoms with Crippen LogP contribution in [0, 0.1) is 6.92 Å². The lowest BCUT2D eigenvalue weighted by Gasteiger charge is -2.21. The van der Waals surface area contributed by atoms with Crippen LogP contribution >= 0.6 is 0 Å². The number of phenols is 1. The van der Waals surface area contributed by atoms with Crippen molar-refractivity contribution in [2.24, 2.45) is 0 Å². The Morgan fingerprint density at radius 1 is 1.05 bits per heavy atom. The summed E-state index contributed by atoms with van der Waals surface area (Å²) < 4.78 is 0. The van der Waals surface area contributed by atoms with Crippen LogP contribution in [0.25, 0.3) is 0 Å². The molecule has 0 unspecified atom stereocenters. The molecule has 3 nitrogen and oxygen atoms in total. The van der Waals surface area contributed by atoms with Gasteiger partial charge in [-0.15, -0.1) is 0 Å². The first-order chi connectivity index (χ1) is 9.43. The van der Waals surface area contributed by atoms with Gasteiger partial charge in [0.15, 0.2) is 0 Å². The van der Waals surface area contributed by atoms with E-state index < -0.39 is 0 Å². The molecule has 0 fully saturated rings. The lowest BCUT2D eigenvalue weighted by atomic mass is 10.00. The summed E-state index contributed by atoms with van der Waals surface area (Å²) in [7, 11) is 6.28. The largest absolute Gasteiger partial charge is 0.507 e. The van der Waals surface area contributed by atoms with Gasteiger partial charge in [-0.2, -0.15) is 0 Å². The number of benzene rings is 1. The van der Waals surface area contributed by atoms with Crippen molar-refractivity contribution in [1.29, 1.82) is 0 Å². The Balaban J connectivity index is 2.75. The van der Waals surface area contributed by atoms with Crippen LogP contribution in [-0.4, -0.2) is 49.1 Å². The number of rotatable bonds is 8. The van der Waals surface area contributed by atoms with E-state index in [0.717, 1.165) is 50.0 Å². The minimum atomic E-state index is 0.501. The molecule has 0 saturated carbocycles. The van der Waals surface area contributed by atoms with Crippen molar-refractivity contribution in [3.8, 4) is 5.75 Å². The number of likely N-dealkylation sites (N-methyl/N-ethyl adjacent to an activating group) is 2. The Kier molecular flexibility index (Phi) is 7.03. The predicted octanol–water partition coefficient (Wildman–Crippen LogP) is 3.04. The highest BCUT2D eigenvalue weighted by molar-refractivity contribution is 5.43. The lowest BCUT2D eigenvalue weighted by Crippen LogP contribution is -2.28. The molecule has 114 valence electrons. The molecule has 0 bridgehead atoms. The average molecular weight is 278 g/mol. The molecule has 0 radical (unpaired) electrons. The van der Waals surface area contributed by atoms with Crippen molar-refractivity contribution >= 4 is 0 Å². The molecule has 0 aliphatic rings. The maximum Gasteiger partial charge on any atom is 0.123 e. The van der Waals surface area contributed by atoms with Gasteiger partial charge in [-0.25, -0.2) is 0 Å². The van der Waals surface area contributed by atoms with Gasteiger partial charge in [0.25, 0.3) is 0 Å². The van der Waals surface area contributed by atoms with Gasteiger partial charge in [-0.1, -0.05) is 31.0 Å². The highest BCUT2D eigenvalue weighted by Crippen LogP contribution is 2.27. The van der Waals surface area contributed by atoms with Gasteiger partial charge in [0.05, 0.1) is 0 Å². The van der Waals surface area contributed by atoms with E-state index in [1.807, 2.05) is 0 Å². The van der Waals surface area contributed by atoms with Crippen LogP contribution in [0.4, 0.5) is 0 Å². The first kappa shape index (κ1) is 17.0. The Hall–Kier alpha value is -1.06. The van der Waals surface area contributed by atoms with Crippen molar-refractivity contribution < 1.29 is 5.11 Å². The van der Waals surface area contributed by atoms with Crippen LogP contribution in [0.2, 0.25) is 0 Å². The molecule has 3 heteroatoms. The van der Waals surface area contributed by atoms with Crippen LogP contribution in [0.1, 0.15) is 36.5 Å². The lowest BCUT2D eigenvalue weighted by molar-refractivity contribution is 0.273. The molecule has 1 N–H and O–H groups in total. The fraction of sp³-hybridized carbons (Fsp3) is 0.647. The number of unbranched alkanes of at least 4 members (excludes halogenated alkanes) is 1. The molecule has 0 aliphatic carbocycles. The van der Waals surface area contributed by atoms with Crippen molar-refractivity contribution in [3.05, 3.63) is 28.8 Å². The fourth-order valence-electron chi connectivity index (χ4n) is 2.35. The number of aryl methyl sites for hydroxylation is 2. The zero-order valence-electron chi connectivity index (χ0n) is 13.7. The maximum atomic E-state index is 10.4. The molecular formula is C17H30N2O. The van der Waals surface area contributed by atoms with Gasteiger partial charge in [0, 0.05) is 25.2 Å². The monoisotopic (exact) mass is 278 g/mol. The molecule has 0 aromatic heterocycles. The predicted molar refractivity (Wildman–Crippen MR) is 86.3 cm³/mol. The van der Waals surface area contributed by atoms with Crippen molar-refractivity contribution in [1.82, 2.24) is 9.80 Å². The fourth-order valence-corrected chi connectivity index (χ4v) is 2.35. The van der Waals surface area contributed by atoms with Gasteiger partial charge in [-0.05, 0) is 46.5 Å². The topological polar surface area (TPSA) is 26.7 Å². The van der Waals surface area contributed by atoms with E-state index in [2.05, 4.69) is 56.9 Å². The van der Waals surface area contributed by atoms with Crippen molar-refractivity contribution in [2.75, 3.05) is 34.2 Å². The molecule has 0 saturated heterocycles. The van der Waals surface area contributed by atoms with Gasteiger partial charge >= 0.3 is 0 Å². The van der Waals surface area contributed by atoms with E-state index >= 15 is 0 Å². The third-order valence-corrected chi connectivity index (χ3v) is 3.58. The number of aromatic hydroxyl groups is 1. The molecule has 0 spiro atoms. The smallest absolute Gasteiger partial charge is 0.123 e. The molecule has 1 rings (SSSR count). The number of phenolic OH excluding ortho intramolecular Hbond substituents is 1. The van der Waals surface area contributed by atoms with E-state index in [4.69, 9.17) is 0 Å². The normalized spacial score (nSPS) is 11.6. The molecule has 0 aliphatic heterocycles. The first-order valence-electron chi connectivity index (χ1n) is 7.58. The summed E-state index contributed by atoms with van der Waals surface area (Å²) >= 11 is 0. The summed E-state index contributed by atoms with van der Waals surface area (Å²) in [5.41, 5.74) is 3.39. The second-order valence-electron chi connectivity index (χ2n) is 6.08. The molecular weight excluding hydrogens is 248 g/mol. The standard InChI is InChI=1S/C17H30N2O/c1-6-7-8-15-11-14(2)12-16(17(15)20)13-19(5)10-9-18(3)4/h11-12,20H,6-10,13H2,1-5H3. The summed E-state index contributed by atoms with van der Waals surface area (Å²) in [6.45, 7) is 7.14. The second kappa shape index (κ2) is 8.28. The summed E-state index contributed by atoms with van der Waals surface area (Å²) in [5.74, 6) is 0.501. The Labute approximate surface area is 124 Å². The van der Waals surface area contributed by atoms with Gasteiger partial charge in [0.1, 0.15) is 5.75 Å². The first-order valence-corrected chi connectivity index (χ1v) is 7.58. The SMILES string of the molecule is CCCCc1cc(C)cc(CN(C)CCN(C)C)c1O. The van der Waals surface area contributed by atoms with Crippen LogP contribution in [0.5, 0.6) is 5.75 Å². The van der Waals surface area contributed by atoms with Crippen molar-refractivity contribution in [3.63, 3.8) is 0 Å². The average Bonchev–Trinajstić information content (AvgIpc) is 2.38. The van der Waals surface area contributed by atoms with E-state index in [1.165, 1.54) is 5.56 Å². The molecule has 0 heterocycles. The quantitative estimate of drug-likeness (QED) is 0.792. The third-order valence-electron chi connectivity index (χ3n) is 3.58. The van der Waals surface area contributed by atoms with E-state index in [0.29, 0.717) is 5.75 Å². The summed E-state index contributed by atoms with van der Waals surface area (Å²) in [6, 6.07) is 4.23. The summed E-state index contributed by atoms with van der Waals surface area (Å²) in [6.07, 6.45) is 3.26. The van der Waals surface area contributed by atoms with E-state index in [1.54, 1.807) is 0 Å². The van der Waals surface area contributed by atoms with Gasteiger partial charge in [-0.3, -0.25) is 0 Å². The highest BCUT2D eigenvalue weighted by Gasteiger charge is 2.10. The number of hydrogen-bond donors (Lipinski definition) is 1. The summed E-state index contributed by atoms with van der Waals surface area (Å²) in [4.78, 5) is 4.44. The van der Waals surface area contributed by atoms with Crippen LogP contribution in [0.15, 0.2) is 12.1 Å². The minimum Gasteiger partial charge on any atom is -0.507 e. The number of hydrogen-bond acceptors (Lipinski definition) is 3. The molecule has 0 amide bonds. The van der Waals surface area contributed by atoms with Gasteiger partial charge < -0.3 is 14.9 Å². The zero-order valence-corrected chi connectivity index (χ0v) is 13.7. The van der Waals surface area contributed by atoms with Crippen LogP contribution in [0.3, 0.4) is 0 Å². The van der Waals surface area contributed by atoms with E-state index in [-0.39, 0.29) is 0 Å². The second-order valence-corrected chi connectivity index (χ2v) is 6.08. The highest BCUT2D eigenvalue weighted by atomic mass is 16.3. The van der Waals surface area contributed by atoms with Crippen molar-refractivity contribution in [2.45, 2.75) is 39.7 Å². The van der Waals surface area contributed by atoms with Crippen LogP contribution in [-0.2, 0) is 13.0 Å². The van der Waals surface area contributed by atoms with Crippen LogP contribution < -0.4 is 0 Å². The molecule has 1 aromatic carbocycles. The third kappa shape index (κ3) is 5.51. The molecule has 20 heavy (non-hydrogen) atoms. The summed E-state index contributed by atoms with van der Waals surface area (Å²) in [5, 5.41) is 10.4. The van der Waals surface area contributed by atoms with Gasteiger partial charge in [0.2, 0.25) is 0 Å². The number of nitrogens with zero attached hydrogens (tertiary/aromatic N) is 2. The molecule has 0 atom stereocenters. The minimum absolute atomic E-state index is 0.501. The Morgan fingerprint density at radius 3 is 2.30 bits per heavy atom. The zero-order chi connectivity index (χ0) is 15.1. The van der Waals surface area contributed by atoms with E-state index in [9.17, 15) is 5.11 Å². The molecule has 1 aromatic rings. The Bertz CT molecular complexity index is 416.